The summed E-state index contributed by atoms with van der Waals surface area (Å²) in [5.41, 5.74) is -0.536. The highest BCUT2D eigenvalue weighted by atomic mass is 19.1. The van der Waals surface area contributed by atoms with Crippen LogP contribution in [-0.4, -0.2) is 17.0 Å². The summed E-state index contributed by atoms with van der Waals surface area (Å²) in [6, 6.07) is 10.6. The molecule has 3 amide bonds. The average molecular weight is 286 g/mol. The zero-order chi connectivity index (χ0) is 15.0. The van der Waals surface area contributed by atoms with E-state index in [1.807, 2.05) is 0 Å². The number of phenolic OH excluding ortho intramolecular Hbond substituents is 1. The molecule has 0 unspecified atom stereocenters. The van der Waals surface area contributed by atoms with Crippen molar-refractivity contribution in [3.8, 4) is 5.75 Å². The van der Waals surface area contributed by atoms with Crippen LogP contribution in [0.1, 0.15) is 11.1 Å². The molecule has 1 aliphatic rings. The molecule has 1 fully saturated rings. The van der Waals surface area contributed by atoms with Crippen molar-refractivity contribution in [2.24, 2.45) is 0 Å². The Morgan fingerprint density at radius 3 is 1.90 bits per heavy atom. The summed E-state index contributed by atoms with van der Waals surface area (Å²) in [6.07, 6.45) is 0. The molecule has 0 aromatic heterocycles. The van der Waals surface area contributed by atoms with Gasteiger partial charge in [-0.2, -0.15) is 0 Å². The van der Waals surface area contributed by atoms with Crippen LogP contribution in [0.4, 0.5) is 9.18 Å². The van der Waals surface area contributed by atoms with E-state index < -0.39 is 23.3 Å². The first-order chi connectivity index (χ1) is 10.0. The third-order valence-corrected chi connectivity index (χ3v) is 3.45. The number of urea groups is 1. The highest BCUT2D eigenvalue weighted by molar-refractivity contribution is 6.09. The third-order valence-electron chi connectivity index (χ3n) is 3.45. The Labute approximate surface area is 119 Å². The van der Waals surface area contributed by atoms with Gasteiger partial charge in [-0.15, -0.1) is 0 Å². The van der Waals surface area contributed by atoms with E-state index in [4.69, 9.17) is 0 Å². The zero-order valence-corrected chi connectivity index (χ0v) is 10.8. The predicted octanol–water partition coefficient (Wildman–Crippen LogP) is 1.61. The molecule has 5 nitrogen and oxygen atoms in total. The molecule has 1 atom stereocenters. The van der Waals surface area contributed by atoms with Gasteiger partial charge in [0.05, 0.1) is 0 Å². The van der Waals surface area contributed by atoms with Crippen molar-refractivity contribution in [3.63, 3.8) is 0 Å². The molecule has 1 saturated heterocycles. The van der Waals surface area contributed by atoms with E-state index in [9.17, 15) is 19.1 Å². The SMILES string of the molecule is O=C1NC(=O)[C@](c2ccc(O)cc2)(c2ccc(F)cc2)N1. The second kappa shape index (κ2) is 4.59. The quantitative estimate of drug-likeness (QED) is 0.734. The fourth-order valence-corrected chi connectivity index (χ4v) is 2.44. The number of amides is 3. The van der Waals surface area contributed by atoms with E-state index in [1.165, 1.54) is 48.5 Å². The maximum absolute atomic E-state index is 13.1. The average Bonchev–Trinajstić information content (AvgIpc) is 2.76. The second-order valence-corrected chi connectivity index (χ2v) is 4.71. The summed E-state index contributed by atoms with van der Waals surface area (Å²) in [7, 11) is 0. The number of rotatable bonds is 2. The van der Waals surface area contributed by atoms with Crippen molar-refractivity contribution in [1.82, 2.24) is 10.6 Å². The lowest BCUT2D eigenvalue weighted by Crippen LogP contribution is -2.44. The van der Waals surface area contributed by atoms with Gasteiger partial charge in [-0.3, -0.25) is 10.1 Å². The van der Waals surface area contributed by atoms with Crippen LogP contribution in [0.5, 0.6) is 5.75 Å². The maximum Gasteiger partial charge on any atom is 0.322 e. The van der Waals surface area contributed by atoms with Crippen molar-refractivity contribution in [3.05, 3.63) is 65.5 Å². The van der Waals surface area contributed by atoms with E-state index in [0.717, 1.165) is 0 Å². The van der Waals surface area contributed by atoms with Crippen LogP contribution in [0.25, 0.3) is 0 Å². The van der Waals surface area contributed by atoms with E-state index in [0.29, 0.717) is 11.1 Å². The molecule has 1 heterocycles. The molecule has 21 heavy (non-hydrogen) atoms. The lowest BCUT2D eigenvalue weighted by molar-refractivity contribution is -0.122. The smallest absolute Gasteiger partial charge is 0.322 e. The Bertz CT molecular complexity index is 665. The van der Waals surface area contributed by atoms with Gasteiger partial charge in [0, 0.05) is 0 Å². The molecule has 2 aromatic rings. The number of aromatic hydroxyl groups is 1. The Kier molecular flexibility index (Phi) is 2.86. The van der Waals surface area contributed by atoms with Gasteiger partial charge in [-0.1, -0.05) is 24.3 Å². The van der Waals surface area contributed by atoms with Crippen LogP contribution >= 0.6 is 0 Å². The minimum atomic E-state index is -1.43. The van der Waals surface area contributed by atoms with Crippen LogP contribution in [-0.2, 0) is 10.3 Å². The largest absolute Gasteiger partial charge is 0.508 e. The van der Waals surface area contributed by atoms with E-state index in [1.54, 1.807) is 0 Å². The lowest BCUT2D eigenvalue weighted by atomic mass is 9.83. The summed E-state index contributed by atoms with van der Waals surface area (Å²) >= 11 is 0. The second-order valence-electron chi connectivity index (χ2n) is 4.71. The van der Waals surface area contributed by atoms with Gasteiger partial charge in [0.2, 0.25) is 0 Å². The molecular formula is C15H11FN2O3. The number of carbonyl (C=O) groups is 2. The predicted molar refractivity (Wildman–Crippen MR) is 72.0 cm³/mol. The Morgan fingerprint density at radius 2 is 1.43 bits per heavy atom. The van der Waals surface area contributed by atoms with Crippen LogP contribution in [0.2, 0.25) is 0 Å². The lowest BCUT2D eigenvalue weighted by Gasteiger charge is -2.27. The van der Waals surface area contributed by atoms with Gasteiger partial charge in [-0.25, -0.2) is 9.18 Å². The Morgan fingerprint density at radius 1 is 0.905 bits per heavy atom. The molecule has 0 aliphatic carbocycles. The molecular weight excluding hydrogens is 275 g/mol. The molecule has 106 valence electrons. The van der Waals surface area contributed by atoms with Gasteiger partial charge in [0.25, 0.3) is 5.91 Å². The molecule has 0 bridgehead atoms. The van der Waals surface area contributed by atoms with Crippen molar-refractivity contribution < 1.29 is 19.1 Å². The standard InChI is InChI=1S/C15H11FN2O3/c16-11-5-1-9(2-6-11)15(13(20)17-14(21)18-15)10-3-7-12(19)8-4-10/h1-8,19H,(H2,17,18,20,21)/t15-/m1/s1. The van der Waals surface area contributed by atoms with E-state index >= 15 is 0 Å². The number of benzene rings is 2. The Balaban J connectivity index is 2.20. The van der Waals surface area contributed by atoms with Gasteiger partial charge in [0.15, 0.2) is 5.54 Å². The first kappa shape index (κ1) is 13.1. The number of imide groups is 1. The van der Waals surface area contributed by atoms with Gasteiger partial charge in [-0.05, 0) is 35.4 Å². The monoisotopic (exact) mass is 286 g/mol. The number of phenols is 1. The van der Waals surface area contributed by atoms with Gasteiger partial charge < -0.3 is 10.4 Å². The van der Waals surface area contributed by atoms with Gasteiger partial charge >= 0.3 is 6.03 Å². The number of carbonyl (C=O) groups excluding carboxylic acids is 2. The first-order valence-corrected chi connectivity index (χ1v) is 6.21. The normalized spacial score (nSPS) is 21.0. The van der Waals surface area contributed by atoms with Crippen molar-refractivity contribution in [2.75, 3.05) is 0 Å². The molecule has 0 radical (unpaired) electrons. The van der Waals surface area contributed by atoms with Crippen LogP contribution < -0.4 is 10.6 Å². The van der Waals surface area contributed by atoms with Crippen LogP contribution in [0.15, 0.2) is 48.5 Å². The zero-order valence-electron chi connectivity index (χ0n) is 10.8. The molecule has 0 spiro atoms. The van der Waals surface area contributed by atoms with Crippen LogP contribution in [0.3, 0.4) is 0 Å². The third kappa shape index (κ3) is 2.01. The van der Waals surface area contributed by atoms with Crippen molar-refractivity contribution in [2.45, 2.75) is 5.54 Å². The summed E-state index contributed by atoms with van der Waals surface area (Å²) < 4.78 is 13.1. The molecule has 6 heteroatoms. The molecule has 3 rings (SSSR count). The molecule has 0 saturated carbocycles. The highest BCUT2D eigenvalue weighted by Gasteiger charge is 2.49. The fourth-order valence-electron chi connectivity index (χ4n) is 2.44. The fraction of sp³-hybridized carbons (Fsp3) is 0.0667. The first-order valence-electron chi connectivity index (χ1n) is 6.21. The molecule has 3 N–H and O–H groups in total. The molecule has 2 aromatic carbocycles. The van der Waals surface area contributed by atoms with E-state index in [-0.39, 0.29) is 5.75 Å². The summed E-state index contributed by atoms with van der Waals surface area (Å²) in [4.78, 5) is 23.9. The minimum Gasteiger partial charge on any atom is -0.508 e. The molecule has 1 aliphatic heterocycles. The number of halogens is 1. The number of hydrogen-bond donors (Lipinski definition) is 3. The van der Waals surface area contributed by atoms with Crippen molar-refractivity contribution >= 4 is 11.9 Å². The van der Waals surface area contributed by atoms with Crippen LogP contribution in [0, 0.1) is 5.82 Å². The number of nitrogens with one attached hydrogen (secondary N) is 2. The summed E-state index contributed by atoms with van der Waals surface area (Å²) in [5.74, 6) is -0.952. The van der Waals surface area contributed by atoms with Crippen molar-refractivity contribution in [1.29, 1.82) is 0 Å². The maximum atomic E-state index is 13.1. The summed E-state index contributed by atoms with van der Waals surface area (Å²) in [5, 5.41) is 14.1. The highest BCUT2D eigenvalue weighted by Crippen LogP contribution is 2.33. The Hall–Kier alpha value is -2.89. The minimum absolute atomic E-state index is 0.0396. The van der Waals surface area contributed by atoms with E-state index in [2.05, 4.69) is 10.6 Å². The topological polar surface area (TPSA) is 78.4 Å². The summed E-state index contributed by atoms with van der Waals surface area (Å²) in [6.45, 7) is 0. The number of hydrogen-bond acceptors (Lipinski definition) is 3. The van der Waals surface area contributed by atoms with Gasteiger partial charge in [0.1, 0.15) is 11.6 Å².